The highest BCUT2D eigenvalue weighted by Crippen LogP contribution is 2.29. The van der Waals surface area contributed by atoms with Gasteiger partial charge in [-0.1, -0.05) is 6.42 Å². The zero-order chi connectivity index (χ0) is 21.3. The molecule has 0 aliphatic carbocycles. The van der Waals surface area contributed by atoms with Gasteiger partial charge in [0.25, 0.3) is 0 Å². The molecule has 0 saturated carbocycles. The van der Waals surface area contributed by atoms with E-state index >= 15 is 0 Å². The van der Waals surface area contributed by atoms with Crippen LogP contribution in [-0.2, 0) is 14.6 Å². The number of carbonyl (C=O) groups is 2. The monoisotopic (exact) mass is 434 g/mol. The molecule has 30 heavy (non-hydrogen) atoms. The molecule has 1 aromatic carbocycles. The number of carbonyl (C=O) groups excluding carboxylic acids is 2. The van der Waals surface area contributed by atoms with Crippen LogP contribution in [0.3, 0.4) is 0 Å². The summed E-state index contributed by atoms with van der Waals surface area (Å²) in [6.07, 6.45) is 4.50. The Morgan fingerprint density at radius 2 is 1.97 bits per heavy atom. The highest BCUT2D eigenvalue weighted by atomic mass is 32.2. The van der Waals surface area contributed by atoms with Gasteiger partial charge in [-0.3, -0.25) is 4.79 Å². The van der Waals surface area contributed by atoms with Gasteiger partial charge < -0.3 is 20.9 Å². The summed E-state index contributed by atoms with van der Waals surface area (Å²) in [7, 11) is -3.22. The first kappa shape index (κ1) is 21.0. The van der Waals surface area contributed by atoms with Crippen molar-refractivity contribution in [3.63, 3.8) is 0 Å². The van der Waals surface area contributed by atoms with E-state index in [1.165, 1.54) is 18.5 Å². The van der Waals surface area contributed by atoms with Gasteiger partial charge in [-0.05, 0) is 56.4 Å². The van der Waals surface area contributed by atoms with Crippen LogP contribution in [-0.4, -0.2) is 56.5 Å². The number of sulfone groups is 1. The first-order valence-corrected chi connectivity index (χ1v) is 12.5. The van der Waals surface area contributed by atoms with Gasteiger partial charge in [0, 0.05) is 30.9 Å². The van der Waals surface area contributed by atoms with E-state index < -0.39 is 15.1 Å². The van der Waals surface area contributed by atoms with Crippen molar-refractivity contribution in [2.45, 2.75) is 62.8 Å². The van der Waals surface area contributed by atoms with Gasteiger partial charge in [-0.15, -0.1) is 0 Å². The SMILES string of the molecule is Cc1cc(NC(=O)CCCC[C@@H]2[C@@H]3NC(=O)N[C@H]3CS2(=O)=O)ccc1N1CCCC1. The molecule has 9 heteroatoms. The summed E-state index contributed by atoms with van der Waals surface area (Å²) >= 11 is 0. The van der Waals surface area contributed by atoms with E-state index in [0.29, 0.717) is 25.7 Å². The van der Waals surface area contributed by atoms with Gasteiger partial charge in [-0.25, -0.2) is 13.2 Å². The molecule has 1 aromatic rings. The number of amides is 3. The number of fused-ring (bicyclic) bond motifs is 1. The summed E-state index contributed by atoms with van der Waals surface area (Å²) in [6.45, 7) is 4.24. The van der Waals surface area contributed by atoms with Crippen LogP contribution in [0.25, 0.3) is 0 Å². The molecule has 4 rings (SSSR count). The van der Waals surface area contributed by atoms with Crippen LogP contribution in [0.2, 0.25) is 0 Å². The molecule has 3 aliphatic heterocycles. The van der Waals surface area contributed by atoms with Crippen molar-refractivity contribution < 1.29 is 18.0 Å². The van der Waals surface area contributed by atoms with Crippen molar-refractivity contribution in [2.75, 3.05) is 29.1 Å². The second-order valence-electron chi connectivity index (χ2n) is 8.61. The van der Waals surface area contributed by atoms with Crippen molar-refractivity contribution in [1.29, 1.82) is 0 Å². The molecular weight excluding hydrogens is 404 g/mol. The highest BCUT2D eigenvalue weighted by Gasteiger charge is 2.51. The Kier molecular flexibility index (Phi) is 5.90. The molecule has 0 spiro atoms. The van der Waals surface area contributed by atoms with Crippen molar-refractivity contribution >= 4 is 33.2 Å². The number of hydrogen-bond donors (Lipinski definition) is 3. The zero-order valence-electron chi connectivity index (χ0n) is 17.3. The number of hydrogen-bond acceptors (Lipinski definition) is 5. The Labute approximate surface area is 177 Å². The highest BCUT2D eigenvalue weighted by molar-refractivity contribution is 7.92. The molecule has 3 saturated heterocycles. The third-order valence-corrected chi connectivity index (χ3v) is 8.67. The Bertz CT molecular complexity index is 927. The molecule has 0 unspecified atom stereocenters. The van der Waals surface area contributed by atoms with Crippen LogP contribution in [0.5, 0.6) is 0 Å². The fourth-order valence-electron chi connectivity index (χ4n) is 4.91. The molecule has 3 N–H and O–H groups in total. The quantitative estimate of drug-likeness (QED) is 0.449. The molecule has 3 amide bonds. The topological polar surface area (TPSA) is 108 Å². The summed E-state index contributed by atoms with van der Waals surface area (Å²) in [5, 5.41) is 7.77. The van der Waals surface area contributed by atoms with E-state index in [2.05, 4.69) is 33.8 Å². The first-order chi connectivity index (χ1) is 14.3. The number of rotatable bonds is 7. The molecule has 0 radical (unpaired) electrons. The molecule has 164 valence electrons. The molecule has 3 atom stereocenters. The zero-order valence-corrected chi connectivity index (χ0v) is 18.1. The van der Waals surface area contributed by atoms with E-state index in [0.717, 1.165) is 24.3 Å². The van der Waals surface area contributed by atoms with E-state index in [9.17, 15) is 18.0 Å². The lowest BCUT2D eigenvalue weighted by Gasteiger charge is -2.20. The number of nitrogens with one attached hydrogen (secondary N) is 3. The lowest BCUT2D eigenvalue weighted by Crippen LogP contribution is -2.39. The molecule has 0 bridgehead atoms. The Hall–Kier alpha value is -2.29. The molecule has 3 aliphatic rings. The minimum Gasteiger partial charge on any atom is -0.371 e. The maximum Gasteiger partial charge on any atom is 0.315 e. The standard InChI is InChI=1S/C21H30N4O4S/c1-14-12-15(8-9-17(14)25-10-4-5-11-25)22-19(26)7-3-2-6-18-20-16(13-30(18,28)29)23-21(27)24-20/h8-9,12,16,18,20H,2-7,10-11,13H2,1H3,(H,22,26)(H2,23,24,27)/t16-,18+,20+/m0/s1. The third-order valence-electron chi connectivity index (χ3n) is 6.39. The molecule has 3 fully saturated rings. The number of aryl methyl sites for hydroxylation is 1. The van der Waals surface area contributed by atoms with Gasteiger partial charge in [0.15, 0.2) is 9.84 Å². The fraction of sp³-hybridized carbons (Fsp3) is 0.619. The number of nitrogens with zero attached hydrogens (tertiary/aromatic N) is 1. The average molecular weight is 435 g/mol. The summed E-state index contributed by atoms with van der Waals surface area (Å²) < 4.78 is 24.7. The number of anilines is 2. The fourth-order valence-corrected chi connectivity index (χ4v) is 7.17. The Balaban J connectivity index is 1.23. The average Bonchev–Trinajstić information content (AvgIpc) is 3.35. The summed E-state index contributed by atoms with van der Waals surface area (Å²) in [5.74, 6) is -0.0692. The molecule has 0 aromatic heterocycles. The smallest absolute Gasteiger partial charge is 0.315 e. The van der Waals surface area contributed by atoms with Gasteiger partial charge in [0.1, 0.15) is 0 Å². The summed E-state index contributed by atoms with van der Waals surface area (Å²) in [4.78, 5) is 26.1. The molecule has 3 heterocycles. The minimum absolute atomic E-state index is 0.00562. The minimum atomic E-state index is -3.22. The first-order valence-electron chi connectivity index (χ1n) is 10.8. The normalized spacial score (nSPS) is 26.9. The van der Waals surface area contributed by atoms with Gasteiger partial charge in [0.2, 0.25) is 5.91 Å². The number of benzene rings is 1. The van der Waals surface area contributed by atoms with E-state index in [-0.39, 0.29) is 29.8 Å². The van der Waals surface area contributed by atoms with Gasteiger partial charge in [0.05, 0.1) is 23.1 Å². The largest absolute Gasteiger partial charge is 0.371 e. The predicted molar refractivity (Wildman–Crippen MR) is 117 cm³/mol. The Morgan fingerprint density at radius 1 is 1.20 bits per heavy atom. The van der Waals surface area contributed by atoms with Crippen molar-refractivity contribution in [3.05, 3.63) is 23.8 Å². The second-order valence-corrected chi connectivity index (χ2v) is 10.9. The maximum absolute atomic E-state index is 12.3. The molecule has 8 nitrogen and oxygen atoms in total. The van der Waals surface area contributed by atoms with E-state index in [1.807, 2.05) is 12.1 Å². The lowest BCUT2D eigenvalue weighted by atomic mass is 10.0. The van der Waals surface area contributed by atoms with Crippen LogP contribution in [0.4, 0.5) is 16.2 Å². The van der Waals surface area contributed by atoms with Crippen LogP contribution >= 0.6 is 0 Å². The summed E-state index contributed by atoms with van der Waals surface area (Å²) in [5.41, 5.74) is 3.18. The maximum atomic E-state index is 12.3. The van der Waals surface area contributed by atoms with Crippen molar-refractivity contribution in [2.24, 2.45) is 0 Å². The molecular formula is C21H30N4O4S. The lowest BCUT2D eigenvalue weighted by molar-refractivity contribution is -0.116. The van der Waals surface area contributed by atoms with Crippen LogP contribution in [0.1, 0.15) is 44.1 Å². The van der Waals surface area contributed by atoms with Gasteiger partial charge in [-0.2, -0.15) is 0 Å². The Morgan fingerprint density at radius 3 is 2.70 bits per heavy atom. The third kappa shape index (κ3) is 4.40. The number of unbranched alkanes of at least 4 members (excludes halogenated alkanes) is 1. The van der Waals surface area contributed by atoms with Crippen molar-refractivity contribution in [3.8, 4) is 0 Å². The predicted octanol–water partition coefficient (Wildman–Crippen LogP) is 1.94. The summed E-state index contributed by atoms with van der Waals surface area (Å²) in [6, 6.07) is 5.04. The van der Waals surface area contributed by atoms with Gasteiger partial charge >= 0.3 is 6.03 Å². The van der Waals surface area contributed by atoms with Crippen molar-refractivity contribution in [1.82, 2.24) is 10.6 Å². The van der Waals surface area contributed by atoms with E-state index in [4.69, 9.17) is 0 Å². The van der Waals surface area contributed by atoms with Crippen LogP contribution in [0, 0.1) is 6.92 Å². The van der Waals surface area contributed by atoms with Crippen LogP contribution in [0.15, 0.2) is 18.2 Å². The number of urea groups is 1. The van der Waals surface area contributed by atoms with E-state index in [1.54, 1.807) is 0 Å². The van der Waals surface area contributed by atoms with Crippen LogP contribution < -0.4 is 20.9 Å². The second kappa shape index (κ2) is 8.45.